The summed E-state index contributed by atoms with van der Waals surface area (Å²) < 4.78 is 25.7. The molecule has 4 heteroatoms. The molecule has 4 rings (SSSR count). The third-order valence-corrected chi connectivity index (χ3v) is 6.76. The fourth-order valence-electron chi connectivity index (χ4n) is 4.80. The molecule has 1 unspecified atom stereocenters. The second kappa shape index (κ2) is 9.51. The molecule has 2 saturated carbocycles. The number of methoxy groups -OCH3 is 1. The van der Waals surface area contributed by atoms with Gasteiger partial charge in [-0.1, -0.05) is 12.1 Å². The zero-order valence-electron chi connectivity index (χ0n) is 17.6. The first-order valence-electron chi connectivity index (χ1n) is 11.1. The van der Waals surface area contributed by atoms with Crippen molar-refractivity contribution < 1.29 is 13.9 Å². The summed E-state index contributed by atoms with van der Waals surface area (Å²) >= 11 is 0. The van der Waals surface area contributed by atoms with E-state index in [9.17, 15) is 4.39 Å². The molecule has 158 valence electrons. The molecule has 0 spiro atoms. The summed E-state index contributed by atoms with van der Waals surface area (Å²) in [5.41, 5.74) is 2.01. The first-order chi connectivity index (χ1) is 14.7. The molecule has 0 aliphatic heterocycles. The second-order valence-electron chi connectivity index (χ2n) is 8.79. The van der Waals surface area contributed by atoms with Crippen molar-refractivity contribution in [1.82, 2.24) is 0 Å². The summed E-state index contributed by atoms with van der Waals surface area (Å²) in [6, 6.07) is 15.7. The number of benzene rings is 2. The highest BCUT2D eigenvalue weighted by molar-refractivity contribution is 5.33. The Morgan fingerprint density at radius 2 is 1.83 bits per heavy atom. The molecular weight excluding hydrogens is 377 g/mol. The summed E-state index contributed by atoms with van der Waals surface area (Å²) in [6.07, 6.45) is 7.08. The highest BCUT2D eigenvalue weighted by Gasteiger charge is 2.32. The lowest BCUT2D eigenvalue weighted by molar-refractivity contribution is 0.199. The van der Waals surface area contributed by atoms with E-state index in [1.54, 1.807) is 13.2 Å². The van der Waals surface area contributed by atoms with Crippen LogP contribution in [-0.2, 0) is 0 Å². The fraction of sp³-hybridized carbons (Fsp3) is 0.500. The summed E-state index contributed by atoms with van der Waals surface area (Å²) in [5.74, 6) is 3.24. The Morgan fingerprint density at radius 3 is 2.53 bits per heavy atom. The molecule has 0 aromatic heterocycles. The quantitative estimate of drug-likeness (QED) is 0.495. The molecule has 1 atom stereocenters. The Balaban J connectivity index is 1.31. The van der Waals surface area contributed by atoms with Gasteiger partial charge >= 0.3 is 0 Å². The van der Waals surface area contributed by atoms with Gasteiger partial charge < -0.3 is 9.47 Å². The third-order valence-electron chi connectivity index (χ3n) is 6.76. The molecule has 2 aliphatic carbocycles. The molecule has 0 bridgehead atoms. The minimum absolute atomic E-state index is 0.130. The van der Waals surface area contributed by atoms with Gasteiger partial charge in [0.15, 0.2) is 0 Å². The number of ether oxygens (including phenoxy) is 2. The van der Waals surface area contributed by atoms with Crippen molar-refractivity contribution in [2.75, 3.05) is 13.7 Å². The lowest BCUT2D eigenvalue weighted by Crippen LogP contribution is -2.20. The zero-order valence-corrected chi connectivity index (χ0v) is 17.6. The largest absolute Gasteiger partial charge is 0.497 e. The molecule has 2 aliphatic rings. The summed E-state index contributed by atoms with van der Waals surface area (Å²) in [6.45, 7) is 0.698. The number of nitriles is 1. The molecule has 2 fully saturated rings. The van der Waals surface area contributed by atoms with Gasteiger partial charge in [0.05, 0.1) is 19.8 Å². The Kier molecular flexibility index (Phi) is 6.57. The van der Waals surface area contributed by atoms with Crippen molar-refractivity contribution in [2.24, 2.45) is 11.8 Å². The maximum atomic E-state index is 14.3. The number of hydrogen-bond acceptors (Lipinski definition) is 3. The van der Waals surface area contributed by atoms with Crippen molar-refractivity contribution in [1.29, 1.82) is 5.26 Å². The van der Waals surface area contributed by atoms with Crippen LogP contribution in [0.25, 0.3) is 0 Å². The van der Waals surface area contributed by atoms with Crippen LogP contribution in [-0.4, -0.2) is 13.7 Å². The van der Waals surface area contributed by atoms with E-state index in [2.05, 4.69) is 18.2 Å². The summed E-state index contributed by atoms with van der Waals surface area (Å²) in [7, 11) is 1.62. The van der Waals surface area contributed by atoms with Crippen LogP contribution in [0.2, 0.25) is 0 Å². The lowest BCUT2D eigenvalue weighted by Gasteiger charge is -2.29. The van der Waals surface area contributed by atoms with E-state index in [0.29, 0.717) is 30.8 Å². The first kappa shape index (κ1) is 20.7. The standard InChI is InChI=1S/C26H30FNO2/c1-29-22-11-12-26(27)25(16-22)20-7-5-18(6-8-20)17-30-23-4-2-3-21(15-23)24(13-14-28)19-9-10-19/h2-4,11-12,15-16,18-20,24H,5-10,13,17H2,1H3/t18-,20-,24?. The van der Waals surface area contributed by atoms with E-state index in [0.717, 1.165) is 42.7 Å². The number of rotatable bonds is 8. The predicted molar refractivity (Wildman–Crippen MR) is 115 cm³/mol. The number of hydrogen-bond donors (Lipinski definition) is 0. The average Bonchev–Trinajstić information content (AvgIpc) is 3.62. The van der Waals surface area contributed by atoms with Crippen LogP contribution in [0.4, 0.5) is 4.39 Å². The van der Waals surface area contributed by atoms with E-state index in [1.807, 2.05) is 18.2 Å². The predicted octanol–water partition coefficient (Wildman–Crippen LogP) is 6.59. The first-order valence-corrected chi connectivity index (χ1v) is 11.1. The fourth-order valence-corrected chi connectivity index (χ4v) is 4.80. The smallest absolute Gasteiger partial charge is 0.126 e. The van der Waals surface area contributed by atoms with Crippen LogP contribution in [0, 0.1) is 29.0 Å². The van der Waals surface area contributed by atoms with Gasteiger partial charge in [0.2, 0.25) is 0 Å². The van der Waals surface area contributed by atoms with Crippen molar-refractivity contribution in [3.05, 3.63) is 59.4 Å². The van der Waals surface area contributed by atoms with Gasteiger partial charge in [-0.15, -0.1) is 0 Å². The zero-order chi connectivity index (χ0) is 20.9. The second-order valence-corrected chi connectivity index (χ2v) is 8.79. The van der Waals surface area contributed by atoms with Gasteiger partial charge in [-0.2, -0.15) is 5.26 Å². The molecular formula is C26H30FNO2. The van der Waals surface area contributed by atoms with Crippen molar-refractivity contribution >= 4 is 0 Å². The Bertz CT molecular complexity index is 894. The van der Waals surface area contributed by atoms with Crippen LogP contribution in [0.3, 0.4) is 0 Å². The lowest BCUT2D eigenvalue weighted by atomic mass is 9.79. The van der Waals surface area contributed by atoms with Gasteiger partial charge in [-0.3, -0.25) is 0 Å². The van der Waals surface area contributed by atoms with Crippen molar-refractivity contribution in [2.45, 2.75) is 56.8 Å². The summed E-state index contributed by atoms with van der Waals surface area (Å²) in [5, 5.41) is 9.16. The van der Waals surface area contributed by atoms with Gasteiger partial charge in [0, 0.05) is 6.42 Å². The van der Waals surface area contributed by atoms with E-state index >= 15 is 0 Å². The van der Waals surface area contributed by atoms with Gasteiger partial charge in [-0.25, -0.2) is 4.39 Å². The number of halogens is 1. The van der Waals surface area contributed by atoms with E-state index in [1.165, 1.54) is 24.5 Å². The van der Waals surface area contributed by atoms with Crippen LogP contribution < -0.4 is 9.47 Å². The SMILES string of the molecule is COc1ccc(F)c([C@H]2CC[C@H](COc3cccc(C(CC#N)C4CC4)c3)CC2)c1. The molecule has 3 nitrogen and oxygen atoms in total. The Hall–Kier alpha value is -2.54. The maximum absolute atomic E-state index is 14.3. The summed E-state index contributed by atoms with van der Waals surface area (Å²) in [4.78, 5) is 0. The Morgan fingerprint density at radius 1 is 1.03 bits per heavy atom. The highest BCUT2D eigenvalue weighted by atomic mass is 19.1. The highest BCUT2D eigenvalue weighted by Crippen LogP contribution is 2.45. The molecule has 30 heavy (non-hydrogen) atoms. The van der Waals surface area contributed by atoms with Crippen LogP contribution >= 0.6 is 0 Å². The molecule has 0 heterocycles. The van der Waals surface area contributed by atoms with Gasteiger partial charge in [-0.05, 0) is 104 Å². The molecule has 2 aromatic carbocycles. The van der Waals surface area contributed by atoms with E-state index < -0.39 is 0 Å². The molecule has 0 radical (unpaired) electrons. The molecule has 0 saturated heterocycles. The van der Waals surface area contributed by atoms with Crippen LogP contribution in [0.1, 0.15) is 67.9 Å². The average molecular weight is 408 g/mol. The maximum Gasteiger partial charge on any atom is 0.126 e. The monoisotopic (exact) mass is 407 g/mol. The Labute approximate surface area is 178 Å². The van der Waals surface area contributed by atoms with Crippen LogP contribution in [0.5, 0.6) is 11.5 Å². The van der Waals surface area contributed by atoms with E-state index in [4.69, 9.17) is 14.7 Å². The molecule has 0 N–H and O–H groups in total. The third kappa shape index (κ3) is 4.95. The molecule has 0 amide bonds. The van der Waals surface area contributed by atoms with Crippen LogP contribution in [0.15, 0.2) is 42.5 Å². The molecule has 2 aromatic rings. The number of nitrogens with zero attached hydrogens (tertiary/aromatic N) is 1. The normalized spacial score (nSPS) is 22.2. The van der Waals surface area contributed by atoms with Gasteiger partial charge in [0.25, 0.3) is 0 Å². The minimum Gasteiger partial charge on any atom is -0.497 e. The van der Waals surface area contributed by atoms with Crippen molar-refractivity contribution in [3.8, 4) is 17.6 Å². The minimum atomic E-state index is -0.130. The van der Waals surface area contributed by atoms with E-state index in [-0.39, 0.29) is 11.7 Å². The topological polar surface area (TPSA) is 42.2 Å². The van der Waals surface area contributed by atoms with Crippen molar-refractivity contribution in [3.63, 3.8) is 0 Å². The van der Waals surface area contributed by atoms with Gasteiger partial charge in [0.1, 0.15) is 17.3 Å².